The van der Waals surface area contributed by atoms with Crippen LogP contribution in [0.1, 0.15) is 31.9 Å². The standard InChI is InChI=1S/C15H23NO2S/c1-4-9-16-10-11-18-15(2,17)14(16)12-5-7-13(19-3)8-6-12/h5-8,14,17H,4,9-11H2,1-3H3. The van der Waals surface area contributed by atoms with E-state index in [1.54, 1.807) is 18.7 Å². The highest BCUT2D eigenvalue weighted by Gasteiger charge is 2.41. The zero-order chi connectivity index (χ0) is 13.9. The van der Waals surface area contributed by atoms with E-state index in [0.29, 0.717) is 6.61 Å². The van der Waals surface area contributed by atoms with Gasteiger partial charge in [-0.3, -0.25) is 4.90 Å². The highest BCUT2D eigenvalue weighted by Crippen LogP contribution is 2.36. The number of aliphatic hydroxyl groups is 1. The van der Waals surface area contributed by atoms with Crippen molar-refractivity contribution in [2.75, 3.05) is 26.0 Å². The monoisotopic (exact) mass is 281 g/mol. The first-order valence-corrected chi connectivity index (χ1v) is 8.05. The molecule has 1 aliphatic heterocycles. The predicted octanol–water partition coefficient (Wildman–Crippen LogP) is 2.90. The third-order valence-corrected chi connectivity index (χ3v) is 4.33. The van der Waals surface area contributed by atoms with Crippen molar-refractivity contribution < 1.29 is 9.84 Å². The van der Waals surface area contributed by atoms with Crippen molar-refractivity contribution in [2.45, 2.75) is 37.0 Å². The van der Waals surface area contributed by atoms with Crippen molar-refractivity contribution in [3.63, 3.8) is 0 Å². The Morgan fingerprint density at radius 1 is 1.42 bits per heavy atom. The maximum Gasteiger partial charge on any atom is 0.182 e. The Hall–Kier alpha value is -0.550. The Balaban J connectivity index is 2.28. The molecule has 1 aromatic carbocycles. The number of hydrogen-bond donors (Lipinski definition) is 1. The lowest BCUT2D eigenvalue weighted by molar-refractivity contribution is -0.260. The molecule has 0 aromatic heterocycles. The number of benzene rings is 1. The molecule has 3 nitrogen and oxygen atoms in total. The summed E-state index contributed by atoms with van der Waals surface area (Å²) in [5, 5.41) is 10.5. The van der Waals surface area contributed by atoms with Crippen LogP contribution in [0.2, 0.25) is 0 Å². The van der Waals surface area contributed by atoms with Crippen molar-refractivity contribution in [1.29, 1.82) is 0 Å². The third kappa shape index (κ3) is 3.31. The summed E-state index contributed by atoms with van der Waals surface area (Å²) in [5.74, 6) is -1.12. The Bertz CT molecular complexity index is 403. The van der Waals surface area contributed by atoms with Crippen LogP contribution in [-0.4, -0.2) is 41.7 Å². The molecule has 0 saturated carbocycles. The molecule has 4 heteroatoms. The van der Waals surface area contributed by atoms with Crippen LogP contribution in [0.15, 0.2) is 29.2 Å². The van der Waals surface area contributed by atoms with Gasteiger partial charge in [0, 0.05) is 11.4 Å². The van der Waals surface area contributed by atoms with E-state index in [9.17, 15) is 5.11 Å². The number of rotatable bonds is 4. The lowest BCUT2D eigenvalue weighted by Crippen LogP contribution is -2.52. The first-order valence-electron chi connectivity index (χ1n) is 6.83. The van der Waals surface area contributed by atoms with Gasteiger partial charge in [-0.15, -0.1) is 11.8 Å². The first-order chi connectivity index (χ1) is 9.08. The molecule has 0 amide bonds. The van der Waals surface area contributed by atoms with E-state index in [0.717, 1.165) is 25.1 Å². The highest BCUT2D eigenvalue weighted by atomic mass is 32.2. The van der Waals surface area contributed by atoms with Gasteiger partial charge in [0.25, 0.3) is 0 Å². The number of morpholine rings is 1. The normalized spacial score (nSPS) is 28.5. The second-order valence-corrected chi connectivity index (χ2v) is 5.99. The van der Waals surface area contributed by atoms with Gasteiger partial charge in [0.15, 0.2) is 5.79 Å². The molecule has 2 rings (SSSR count). The summed E-state index contributed by atoms with van der Waals surface area (Å²) in [6.07, 6.45) is 3.15. The SMILES string of the molecule is CCCN1CCOC(C)(O)C1c1ccc(SC)cc1. The van der Waals surface area contributed by atoms with E-state index >= 15 is 0 Å². The minimum Gasteiger partial charge on any atom is -0.364 e. The van der Waals surface area contributed by atoms with Crippen LogP contribution in [-0.2, 0) is 4.74 Å². The Morgan fingerprint density at radius 3 is 2.68 bits per heavy atom. The van der Waals surface area contributed by atoms with E-state index in [-0.39, 0.29) is 6.04 Å². The number of ether oxygens (including phenoxy) is 1. The number of thioether (sulfide) groups is 1. The summed E-state index contributed by atoms with van der Waals surface area (Å²) in [7, 11) is 0. The maximum atomic E-state index is 10.5. The fourth-order valence-corrected chi connectivity index (χ4v) is 3.16. The summed E-state index contributed by atoms with van der Waals surface area (Å²) in [6, 6.07) is 8.32. The molecule has 1 aromatic rings. The molecule has 2 unspecified atom stereocenters. The fourth-order valence-electron chi connectivity index (χ4n) is 2.75. The average Bonchev–Trinajstić information content (AvgIpc) is 2.39. The van der Waals surface area contributed by atoms with Crippen molar-refractivity contribution in [1.82, 2.24) is 4.90 Å². The van der Waals surface area contributed by atoms with E-state index in [1.165, 1.54) is 4.90 Å². The molecule has 1 heterocycles. The van der Waals surface area contributed by atoms with Gasteiger partial charge in [-0.2, -0.15) is 0 Å². The molecule has 1 aliphatic rings. The number of hydrogen-bond acceptors (Lipinski definition) is 4. The van der Waals surface area contributed by atoms with Crippen molar-refractivity contribution in [3.8, 4) is 0 Å². The molecule has 106 valence electrons. The van der Waals surface area contributed by atoms with Crippen LogP contribution in [0.4, 0.5) is 0 Å². The summed E-state index contributed by atoms with van der Waals surface area (Å²) >= 11 is 1.73. The molecule has 1 N–H and O–H groups in total. The number of nitrogens with zero attached hydrogens (tertiary/aromatic N) is 1. The molecular formula is C15H23NO2S. The van der Waals surface area contributed by atoms with Crippen molar-refractivity contribution >= 4 is 11.8 Å². The quantitative estimate of drug-likeness (QED) is 0.860. The third-order valence-electron chi connectivity index (χ3n) is 3.59. The van der Waals surface area contributed by atoms with E-state index in [2.05, 4.69) is 42.3 Å². The Morgan fingerprint density at radius 2 is 2.11 bits per heavy atom. The molecule has 2 atom stereocenters. The average molecular weight is 281 g/mol. The van der Waals surface area contributed by atoms with Crippen LogP contribution >= 0.6 is 11.8 Å². The van der Waals surface area contributed by atoms with Gasteiger partial charge in [0.05, 0.1) is 12.6 Å². The second kappa shape index (κ2) is 6.27. The summed E-state index contributed by atoms with van der Waals surface area (Å²) in [6.45, 7) is 6.37. The van der Waals surface area contributed by atoms with Crippen LogP contribution in [0, 0.1) is 0 Å². The minimum atomic E-state index is -1.12. The molecule has 0 bridgehead atoms. The van der Waals surface area contributed by atoms with E-state index < -0.39 is 5.79 Å². The van der Waals surface area contributed by atoms with Crippen molar-refractivity contribution in [3.05, 3.63) is 29.8 Å². The van der Waals surface area contributed by atoms with Gasteiger partial charge in [-0.1, -0.05) is 19.1 Å². The van der Waals surface area contributed by atoms with E-state index in [1.807, 2.05) is 0 Å². The van der Waals surface area contributed by atoms with Gasteiger partial charge in [0.2, 0.25) is 0 Å². The van der Waals surface area contributed by atoms with Gasteiger partial charge in [-0.25, -0.2) is 0 Å². The van der Waals surface area contributed by atoms with Gasteiger partial charge >= 0.3 is 0 Å². The summed E-state index contributed by atoms with van der Waals surface area (Å²) < 4.78 is 5.57. The van der Waals surface area contributed by atoms with Crippen LogP contribution in [0.3, 0.4) is 0 Å². The molecule has 0 aliphatic carbocycles. The predicted molar refractivity (Wildman–Crippen MR) is 79.4 cm³/mol. The lowest BCUT2D eigenvalue weighted by atomic mass is 9.96. The summed E-state index contributed by atoms with van der Waals surface area (Å²) in [4.78, 5) is 3.56. The second-order valence-electron chi connectivity index (χ2n) is 5.11. The van der Waals surface area contributed by atoms with Crippen LogP contribution in [0.25, 0.3) is 0 Å². The van der Waals surface area contributed by atoms with E-state index in [4.69, 9.17) is 4.74 Å². The minimum absolute atomic E-state index is 0.0860. The fraction of sp³-hybridized carbons (Fsp3) is 0.600. The van der Waals surface area contributed by atoms with Gasteiger partial charge < -0.3 is 9.84 Å². The smallest absolute Gasteiger partial charge is 0.182 e. The largest absolute Gasteiger partial charge is 0.364 e. The van der Waals surface area contributed by atoms with Gasteiger partial charge in [0.1, 0.15) is 0 Å². The van der Waals surface area contributed by atoms with Gasteiger partial charge in [-0.05, 0) is 43.8 Å². The highest BCUT2D eigenvalue weighted by molar-refractivity contribution is 7.98. The molecule has 1 fully saturated rings. The zero-order valence-electron chi connectivity index (χ0n) is 11.9. The molecule has 1 saturated heterocycles. The maximum absolute atomic E-state index is 10.5. The topological polar surface area (TPSA) is 32.7 Å². The summed E-state index contributed by atoms with van der Waals surface area (Å²) in [5.41, 5.74) is 1.12. The Labute approximate surface area is 120 Å². The molecule has 0 radical (unpaired) electrons. The van der Waals surface area contributed by atoms with Crippen LogP contribution < -0.4 is 0 Å². The van der Waals surface area contributed by atoms with Crippen molar-refractivity contribution in [2.24, 2.45) is 0 Å². The lowest BCUT2D eigenvalue weighted by Gasteiger charge is -2.45. The molecular weight excluding hydrogens is 258 g/mol. The zero-order valence-corrected chi connectivity index (χ0v) is 12.7. The first kappa shape index (κ1) is 14.9. The van der Waals surface area contributed by atoms with Crippen LogP contribution in [0.5, 0.6) is 0 Å². The molecule has 0 spiro atoms. The Kier molecular flexibility index (Phi) is 4.90. The molecule has 19 heavy (non-hydrogen) atoms.